The molecule has 3 aromatic rings. The molecule has 6 nitrogen and oxygen atoms in total. The fourth-order valence-corrected chi connectivity index (χ4v) is 10.9. The van der Waals surface area contributed by atoms with Gasteiger partial charge in [-0.3, -0.25) is 4.18 Å². The average Bonchev–Trinajstić information content (AvgIpc) is 2.97. The predicted octanol–water partition coefficient (Wildman–Crippen LogP) is 5.48. The van der Waals surface area contributed by atoms with Gasteiger partial charge in [0, 0.05) is 13.0 Å². The zero-order chi connectivity index (χ0) is 31.0. The zero-order valence-corrected chi connectivity index (χ0v) is 27.5. The van der Waals surface area contributed by atoms with Crippen LogP contribution in [-0.2, 0) is 23.5 Å². The molecule has 4 atom stereocenters. The molecular formula is C34H46O6SSi. The highest BCUT2D eigenvalue weighted by Gasteiger charge is 2.50. The maximum atomic E-state index is 13.0. The third-order valence-electron chi connectivity index (χ3n) is 7.87. The molecule has 0 unspecified atom stereocenters. The standard InChI is InChI=1S/C34H46O6SSi/c1-8-26(2)23-28(24-39-41(36,37)29-21-19-27(3)20-22-29)33(35)32(38-7)25-40-42(34(4,5)6,30-15-11-9-12-16-30)31-17-13-10-14-18-31/h8-22,26,28,32-33,35H,1,23-25H2,2-7H3/t26-,28+,32-,33-/m1/s1. The molecule has 0 bridgehead atoms. The van der Waals surface area contributed by atoms with Crippen molar-refractivity contribution < 1.29 is 26.9 Å². The Kier molecular flexibility index (Phi) is 11.9. The van der Waals surface area contributed by atoms with Crippen LogP contribution in [0.1, 0.15) is 39.7 Å². The number of ether oxygens (including phenoxy) is 1. The normalized spacial score (nSPS) is 15.5. The van der Waals surface area contributed by atoms with Crippen molar-refractivity contribution in [2.45, 2.75) is 63.2 Å². The van der Waals surface area contributed by atoms with Crippen molar-refractivity contribution in [2.75, 3.05) is 20.3 Å². The number of aryl methyl sites for hydroxylation is 1. The zero-order valence-electron chi connectivity index (χ0n) is 25.7. The number of aliphatic hydroxyl groups excluding tert-OH is 1. The molecular weight excluding hydrogens is 565 g/mol. The summed E-state index contributed by atoms with van der Waals surface area (Å²) in [6, 6.07) is 27.0. The van der Waals surface area contributed by atoms with Gasteiger partial charge in [-0.1, -0.05) is 112 Å². The van der Waals surface area contributed by atoms with E-state index in [0.717, 1.165) is 15.9 Å². The summed E-state index contributed by atoms with van der Waals surface area (Å²) in [6.07, 6.45) is 0.477. The molecule has 3 rings (SSSR count). The fourth-order valence-electron chi connectivity index (χ4n) is 5.41. The van der Waals surface area contributed by atoms with Gasteiger partial charge in [0.25, 0.3) is 18.4 Å². The molecule has 42 heavy (non-hydrogen) atoms. The van der Waals surface area contributed by atoms with Crippen LogP contribution in [-0.4, -0.2) is 54.4 Å². The summed E-state index contributed by atoms with van der Waals surface area (Å²) in [4.78, 5) is 0.0800. The SMILES string of the molecule is C=C[C@@H](C)C[C@@H](COS(=O)(=O)c1ccc(C)cc1)[C@@H](O)[C@@H](CO[Si](c1ccccc1)(c1ccccc1)C(C)(C)C)OC. The molecule has 0 saturated heterocycles. The van der Waals surface area contributed by atoms with Crippen molar-refractivity contribution in [3.05, 3.63) is 103 Å². The van der Waals surface area contributed by atoms with E-state index in [9.17, 15) is 13.5 Å². The lowest BCUT2D eigenvalue weighted by Gasteiger charge is -2.44. The summed E-state index contributed by atoms with van der Waals surface area (Å²) in [5, 5.41) is 13.7. The van der Waals surface area contributed by atoms with Crippen molar-refractivity contribution in [2.24, 2.45) is 11.8 Å². The van der Waals surface area contributed by atoms with Crippen LogP contribution in [0.3, 0.4) is 0 Å². The van der Waals surface area contributed by atoms with Crippen LogP contribution < -0.4 is 10.4 Å². The number of benzene rings is 3. The smallest absolute Gasteiger partial charge is 0.296 e. The topological polar surface area (TPSA) is 82.1 Å². The molecule has 3 aromatic carbocycles. The maximum absolute atomic E-state index is 13.0. The largest absolute Gasteiger partial charge is 0.405 e. The summed E-state index contributed by atoms with van der Waals surface area (Å²) < 4.78 is 44.3. The Morgan fingerprint density at radius 2 is 1.43 bits per heavy atom. The van der Waals surface area contributed by atoms with Gasteiger partial charge < -0.3 is 14.3 Å². The molecule has 0 aromatic heterocycles. The van der Waals surface area contributed by atoms with E-state index in [1.807, 2.05) is 50.2 Å². The number of rotatable bonds is 15. The lowest BCUT2D eigenvalue weighted by Crippen LogP contribution is -2.67. The lowest BCUT2D eigenvalue weighted by atomic mass is 9.89. The van der Waals surface area contributed by atoms with Gasteiger partial charge >= 0.3 is 0 Å². The highest BCUT2D eigenvalue weighted by atomic mass is 32.2. The van der Waals surface area contributed by atoms with Crippen LogP contribution in [0.5, 0.6) is 0 Å². The quantitative estimate of drug-likeness (QED) is 0.139. The summed E-state index contributed by atoms with van der Waals surface area (Å²) in [5.74, 6) is -0.531. The van der Waals surface area contributed by atoms with Crippen LogP contribution in [0.25, 0.3) is 0 Å². The first-order valence-corrected chi connectivity index (χ1v) is 17.7. The second kappa shape index (κ2) is 14.7. The first kappa shape index (κ1) is 33.9. The Morgan fingerprint density at radius 3 is 1.88 bits per heavy atom. The molecule has 0 aliphatic rings. The second-order valence-corrected chi connectivity index (χ2v) is 17.9. The molecule has 8 heteroatoms. The van der Waals surface area contributed by atoms with E-state index in [2.05, 4.69) is 51.6 Å². The number of aliphatic hydroxyl groups is 1. The molecule has 0 radical (unpaired) electrons. The van der Waals surface area contributed by atoms with E-state index in [1.165, 1.54) is 12.1 Å². The molecule has 0 aliphatic heterocycles. The Labute approximate surface area is 253 Å². The van der Waals surface area contributed by atoms with Gasteiger partial charge in [0.05, 0.1) is 24.2 Å². The highest BCUT2D eigenvalue weighted by molar-refractivity contribution is 7.86. The number of methoxy groups -OCH3 is 1. The molecule has 0 heterocycles. The third kappa shape index (κ3) is 8.07. The number of hydrogen-bond donors (Lipinski definition) is 1. The second-order valence-electron chi connectivity index (χ2n) is 12.0. The van der Waals surface area contributed by atoms with Gasteiger partial charge in [-0.15, -0.1) is 6.58 Å². The van der Waals surface area contributed by atoms with Crippen LogP contribution in [0.15, 0.2) is 102 Å². The third-order valence-corrected chi connectivity index (χ3v) is 14.2. The van der Waals surface area contributed by atoms with Gasteiger partial charge in [0.15, 0.2) is 0 Å². The Bertz CT molecular complexity index is 1320. The summed E-state index contributed by atoms with van der Waals surface area (Å²) in [7, 11) is -5.35. The molecule has 0 spiro atoms. The minimum Gasteiger partial charge on any atom is -0.405 e. The van der Waals surface area contributed by atoms with Crippen molar-refractivity contribution in [3.8, 4) is 0 Å². The van der Waals surface area contributed by atoms with Crippen molar-refractivity contribution >= 4 is 28.8 Å². The minimum absolute atomic E-state index is 0.0189. The van der Waals surface area contributed by atoms with Crippen LogP contribution >= 0.6 is 0 Å². The molecule has 0 fully saturated rings. The van der Waals surface area contributed by atoms with Gasteiger partial charge in [-0.2, -0.15) is 8.42 Å². The van der Waals surface area contributed by atoms with Crippen molar-refractivity contribution in [1.29, 1.82) is 0 Å². The van der Waals surface area contributed by atoms with Crippen LogP contribution in [0, 0.1) is 18.8 Å². The number of hydrogen-bond acceptors (Lipinski definition) is 6. The van der Waals surface area contributed by atoms with Crippen molar-refractivity contribution in [1.82, 2.24) is 0 Å². The van der Waals surface area contributed by atoms with E-state index in [-0.39, 0.29) is 29.1 Å². The van der Waals surface area contributed by atoms with Crippen molar-refractivity contribution in [3.63, 3.8) is 0 Å². The number of allylic oxidation sites excluding steroid dienone is 1. The van der Waals surface area contributed by atoms with E-state index < -0.39 is 36.6 Å². The van der Waals surface area contributed by atoms with Gasteiger partial charge in [0.2, 0.25) is 0 Å². The van der Waals surface area contributed by atoms with E-state index in [4.69, 9.17) is 13.3 Å². The monoisotopic (exact) mass is 610 g/mol. The molecule has 0 amide bonds. The van der Waals surface area contributed by atoms with Crippen LogP contribution in [0.2, 0.25) is 5.04 Å². The lowest BCUT2D eigenvalue weighted by molar-refractivity contribution is -0.0722. The average molecular weight is 611 g/mol. The molecule has 228 valence electrons. The van der Waals surface area contributed by atoms with Gasteiger partial charge in [-0.05, 0) is 46.8 Å². The van der Waals surface area contributed by atoms with E-state index >= 15 is 0 Å². The molecule has 1 N–H and O–H groups in total. The summed E-state index contributed by atoms with van der Waals surface area (Å²) >= 11 is 0. The van der Waals surface area contributed by atoms with E-state index in [1.54, 1.807) is 25.3 Å². The molecule has 0 aliphatic carbocycles. The van der Waals surface area contributed by atoms with Gasteiger partial charge in [-0.25, -0.2) is 0 Å². The maximum Gasteiger partial charge on any atom is 0.296 e. The molecule has 0 saturated carbocycles. The summed E-state index contributed by atoms with van der Waals surface area (Å²) in [5.41, 5.74) is 0.950. The fraction of sp³-hybridized carbons (Fsp3) is 0.412. The highest BCUT2D eigenvalue weighted by Crippen LogP contribution is 2.37. The van der Waals surface area contributed by atoms with E-state index in [0.29, 0.717) is 6.42 Å². The predicted molar refractivity (Wildman–Crippen MR) is 172 cm³/mol. The Balaban J connectivity index is 1.91. The Hall–Kier alpha value is -2.59. The Morgan fingerprint density at radius 1 is 0.905 bits per heavy atom. The van der Waals surface area contributed by atoms with Crippen LogP contribution in [0.4, 0.5) is 0 Å². The first-order chi connectivity index (χ1) is 19.9. The van der Waals surface area contributed by atoms with Gasteiger partial charge in [0.1, 0.15) is 6.10 Å². The minimum atomic E-state index is -4.01. The summed E-state index contributed by atoms with van der Waals surface area (Å²) in [6.45, 7) is 14.2. The first-order valence-electron chi connectivity index (χ1n) is 14.4.